The second-order valence-electron chi connectivity index (χ2n) is 4.47. The summed E-state index contributed by atoms with van der Waals surface area (Å²) in [7, 11) is 0. The van der Waals surface area contributed by atoms with Gasteiger partial charge in [-0.15, -0.1) is 0 Å². The summed E-state index contributed by atoms with van der Waals surface area (Å²) in [5, 5.41) is 3.44. The van der Waals surface area contributed by atoms with E-state index in [9.17, 15) is 0 Å². The van der Waals surface area contributed by atoms with Gasteiger partial charge in [-0.1, -0.05) is 31.0 Å². The summed E-state index contributed by atoms with van der Waals surface area (Å²) >= 11 is 0. The number of ether oxygens (including phenoxy) is 1. The molecule has 0 aliphatic heterocycles. The Hall–Kier alpha value is -1.02. The van der Waals surface area contributed by atoms with Gasteiger partial charge in [-0.05, 0) is 51.4 Å². The van der Waals surface area contributed by atoms with Gasteiger partial charge in [-0.3, -0.25) is 0 Å². The molecule has 96 valence electrons. The molecule has 0 amide bonds. The van der Waals surface area contributed by atoms with Crippen LogP contribution in [0.4, 0.5) is 0 Å². The molecule has 0 bridgehead atoms. The number of hydrogen-bond donors (Lipinski definition) is 1. The van der Waals surface area contributed by atoms with E-state index >= 15 is 0 Å². The second-order valence-corrected chi connectivity index (χ2v) is 4.47. The van der Waals surface area contributed by atoms with E-state index in [4.69, 9.17) is 4.74 Å². The van der Waals surface area contributed by atoms with Gasteiger partial charge in [0.25, 0.3) is 0 Å². The van der Waals surface area contributed by atoms with Crippen LogP contribution in [-0.2, 0) is 0 Å². The number of aryl methyl sites for hydroxylation is 1. The summed E-state index contributed by atoms with van der Waals surface area (Å²) in [5.74, 6) is 0.981. The van der Waals surface area contributed by atoms with E-state index in [0.717, 1.165) is 31.9 Å². The van der Waals surface area contributed by atoms with Crippen LogP contribution in [0.1, 0.15) is 38.2 Å². The predicted molar refractivity (Wildman–Crippen MR) is 73.7 cm³/mol. The van der Waals surface area contributed by atoms with E-state index in [1.54, 1.807) is 0 Å². The third-order valence-electron chi connectivity index (χ3n) is 2.74. The highest BCUT2D eigenvalue weighted by Crippen LogP contribution is 2.11. The van der Waals surface area contributed by atoms with Crippen LogP contribution >= 0.6 is 0 Å². The number of nitrogens with one attached hydrogen (secondary N) is 1. The van der Waals surface area contributed by atoms with Crippen molar-refractivity contribution in [2.24, 2.45) is 0 Å². The van der Waals surface area contributed by atoms with Crippen molar-refractivity contribution in [2.75, 3.05) is 19.7 Å². The highest BCUT2D eigenvalue weighted by atomic mass is 16.5. The van der Waals surface area contributed by atoms with Gasteiger partial charge in [-0.2, -0.15) is 0 Å². The minimum atomic E-state index is 0.818. The van der Waals surface area contributed by atoms with Gasteiger partial charge in [0.05, 0.1) is 6.61 Å². The van der Waals surface area contributed by atoms with Crippen LogP contribution in [0.15, 0.2) is 24.3 Å². The fourth-order valence-electron chi connectivity index (χ4n) is 1.60. The number of rotatable bonds is 9. The highest BCUT2D eigenvalue weighted by molar-refractivity contribution is 5.26. The normalized spacial score (nSPS) is 10.5. The molecule has 0 spiro atoms. The quantitative estimate of drug-likeness (QED) is 0.661. The summed E-state index contributed by atoms with van der Waals surface area (Å²) < 4.78 is 5.66. The largest absolute Gasteiger partial charge is 0.494 e. The van der Waals surface area contributed by atoms with E-state index in [0.29, 0.717) is 0 Å². The van der Waals surface area contributed by atoms with Crippen molar-refractivity contribution in [1.82, 2.24) is 5.32 Å². The number of hydrogen-bond acceptors (Lipinski definition) is 2. The van der Waals surface area contributed by atoms with Gasteiger partial charge >= 0.3 is 0 Å². The van der Waals surface area contributed by atoms with Crippen LogP contribution in [0.5, 0.6) is 5.75 Å². The van der Waals surface area contributed by atoms with E-state index < -0.39 is 0 Å². The van der Waals surface area contributed by atoms with E-state index in [1.807, 2.05) is 12.1 Å². The molecular weight excluding hydrogens is 210 g/mol. The predicted octanol–water partition coefficient (Wildman–Crippen LogP) is 3.54. The topological polar surface area (TPSA) is 21.3 Å². The average Bonchev–Trinajstić information content (AvgIpc) is 2.35. The Morgan fingerprint density at radius 3 is 2.41 bits per heavy atom. The summed E-state index contributed by atoms with van der Waals surface area (Å²) in [6.45, 7) is 7.38. The van der Waals surface area contributed by atoms with Gasteiger partial charge in [0.1, 0.15) is 5.75 Å². The smallest absolute Gasteiger partial charge is 0.119 e. The van der Waals surface area contributed by atoms with Crippen molar-refractivity contribution >= 4 is 0 Å². The Morgan fingerprint density at radius 1 is 1.00 bits per heavy atom. The lowest BCUT2D eigenvalue weighted by atomic mass is 10.2. The first kappa shape index (κ1) is 14.0. The molecule has 0 atom stereocenters. The molecule has 0 aromatic heterocycles. The van der Waals surface area contributed by atoms with E-state index in [2.05, 4.69) is 31.3 Å². The van der Waals surface area contributed by atoms with Crippen molar-refractivity contribution in [3.63, 3.8) is 0 Å². The Balaban J connectivity index is 1.95. The third-order valence-corrected chi connectivity index (χ3v) is 2.74. The first-order chi connectivity index (χ1) is 8.33. The van der Waals surface area contributed by atoms with Crippen molar-refractivity contribution in [2.45, 2.75) is 39.5 Å². The molecule has 0 unspecified atom stereocenters. The van der Waals surface area contributed by atoms with Crippen molar-refractivity contribution in [3.05, 3.63) is 29.8 Å². The molecule has 17 heavy (non-hydrogen) atoms. The average molecular weight is 235 g/mol. The molecule has 1 rings (SSSR count). The molecular formula is C15H25NO. The van der Waals surface area contributed by atoms with E-state index in [1.165, 1.54) is 24.8 Å². The molecule has 2 heteroatoms. The van der Waals surface area contributed by atoms with Crippen LogP contribution in [0, 0.1) is 6.92 Å². The van der Waals surface area contributed by atoms with Crippen molar-refractivity contribution in [1.29, 1.82) is 0 Å². The Labute approximate surface area is 105 Å². The number of unbranched alkanes of at least 4 members (excludes halogenated alkanes) is 2. The fourth-order valence-corrected chi connectivity index (χ4v) is 1.60. The van der Waals surface area contributed by atoms with Gasteiger partial charge in [0, 0.05) is 0 Å². The Morgan fingerprint density at radius 2 is 1.71 bits per heavy atom. The van der Waals surface area contributed by atoms with Crippen molar-refractivity contribution in [3.8, 4) is 5.75 Å². The zero-order valence-corrected chi connectivity index (χ0v) is 11.2. The molecule has 0 fully saturated rings. The van der Waals surface area contributed by atoms with Crippen LogP contribution in [-0.4, -0.2) is 19.7 Å². The molecule has 0 radical (unpaired) electrons. The molecule has 0 saturated carbocycles. The Bertz CT molecular complexity index is 281. The molecule has 2 nitrogen and oxygen atoms in total. The summed E-state index contributed by atoms with van der Waals surface area (Å²) in [5.41, 5.74) is 1.28. The van der Waals surface area contributed by atoms with Gasteiger partial charge in [0.2, 0.25) is 0 Å². The van der Waals surface area contributed by atoms with Gasteiger partial charge in [0.15, 0.2) is 0 Å². The fraction of sp³-hybridized carbons (Fsp3) is 0.600. The first-order valence-electron chi connectivity index (χ1n) is 6.73. The molecule has 0 heterocycles. The van der Waals surface area contributed by atoms with Crippen LogP contribution < -0.4 is 10.1 Å². The minimum absolute atomic E-state index is 0.818. The molecule has 1 N–H and O–H groups in total. The van der Waals surface area contributed by atoms with Crippen LogP contribution in [0.25, 0.3) is 0 Å². The molecule has 1 aromatic carbocycles. The molecule has 1 aromatic rings. The third kappa shape index (κ3) is 7.01. The van der Waals surface area contributed by atoms with E-state index in [-0.39, 0.29) is 0 Å². The molecule has 0 saturated heterocycles. The lowest BCUT2D eigenvalue weighted by molar-refractivity contribution is 0.306. The maximum absolute atomic E-state index is 5.66. The Kier molecular flexibility index (Phi) is 7.48. The maximum atomic E-state index is 5.66. The minimum Gasteiger partial charge on any atom is -0.494 e. The highest BCUT2D eigenvalue weighted by Gasteiger charge is 1.93. The monoisotopic (exact) mass is 235 g/mol. The summed E-state index contributed by atoms with van der Waals surface area (Å²) in [6, 6.07) is 8.24. The number of benzene rings is 1. The standard InChI is InChI=1S/C15H25NO/c1-3-4-11-16-12-5-6-13-17-15-9-7-14(2)8-10-15/h7-10,16H,3-6,11-13H2,1-2H3. The molecule has 0 aliphatic rings. The zero-order chi connectivity index (χ0) is 12.3. The van der Waals surface area contributed by atoms with Crippen LogP contribution in [0.2, 0.25) is 0 Å². The zero-order valence-electron chi connectivity index (χ0n) is 11.2. The summed E-state index contributed by atoms with van der Waals surface area (Å²) in [6.07, 6.45) is 4.85. The van der Waals surface area contributed by atoms with Crippen LogP contribution in [0.3, 0.4) is 0 Å². The SMILES string of the molecule is CCCCNCCCCOc1ccc(C)cc1. The van der Waals surface area contributed by atoms with Gasteiger partial charge in [-0.25, -0.2) is 0 Å². The second kappa shape index (κ2) is 9.06. The van der Waals surface area contributed by atoms with Crippen molar-refractivity contribution < 1.29 is 4.74 Å². The maximum Gasteiger partial charge on any atom is 0.119 e. The first-order valence-corrected chi connectivity index (χ1v) is 6.73. The lowest BCUT2D eigenvalue weighted by Crippen LogP contribution is -2.17. The van der Waals surface area contributed by atoms with Gasteiger partial charge < -0.3 is 10.1 Å². The molecule has 0 aliphatic carbocycles. The lowest BCUT2D eigenvalue weighted by Gasteiger charge is -2.07. The summed E-state index contributed by atoms with van der Waals surface area (Å²) in [4.78, 5) is 0.